The summed E-state index contributed by atoms with van der Waals surface area (Å²) in [6.07, 6.45) is -0.984. The zero-order valence-electron chi connectivity index (χ0n) is 15.4. The molecule has 0 aliphatic rings. The molecule has 25 heavy (non-hydrogen) atoms. The Kier molecular flexibility index (Phi) is 10.7. The lowest BCUT2D eigenvalue weighted by Crippen LogP contribution is -2.48. The van der Waals surface area contributed by atoms with Crippen LogP contribution in [0, 0.1) is 16.0 Å². The van der Waals surface area contributed by atoms with Gasteiger partial charge in [-0.1, -0.05) is 0 Å². The molecule has 1 N–H and O–H groups in total. The number of carbonyl (C=O) groups excluding carboxylic acids is 2. The van der Waals surface area contributed by atoms with Crippen LogP contribution in [-0.4, -0.2) is 62.3 Å². The molecule has 1 amide bonds. The molecule has 0 saturated heterocycles. The smallest absolute Gasteiger partial charge is 0.407 e. The van der Waals surface area contributed by atoms with Crippen LogP contribution in [0.3, 0.4) is 0 Å². The van der Waals surface area contributed by atoms with Gasteiger partial charge in [0.1, 0.15) is 12.4 Å². The first-order chi connectivity index (χ1) is 11.6. The van der Waals surface area contributed by atoms with Gasteiger partial charge >= 0.3 is 12.1 Å². The Morgan fingerprint density at radius 1 is 1.28 bits per heavy atom. The lowest BCUT2D eigenvalue weighted by atomic mass is 9.96. The molecule has 10 heteroatoms. The molecule has 0 radical (unpaired) electrons. The van der Waals surface area contributed by atoms with E-state index < -0.39 is 41.1 Å². The number of methoxy groups -OCH3 is 1. The quantitative estimate of drug-likeness (QED) is 0.191. The molecule has 0 aliphatic carbocycles. The van der Waals surface area contributed by atoms with Crippen molar-refractivity contribution in [2.24, 2.45) is 5.92 Å². The highest BCUT2D eigenvalue weighted by Gasteiger charge is 2.32. The van der Waals surface area contributed by atoms with Gasteiger partial charge in [-0.05, 0) is 27.7 Å². The van der Waals surface area contributed by atoms with E-state index in [-0.39, 0.29) is 26.4 Å². The molecule has 146 valence electrons. The molecule has 0 bridgehead atoms. The second-order valence-electron chi connectivity index (χ2n) is 6.31. The van der Waals surface area contributed by atoms with Crippen LogP contribution in [0.25, 0.3) is 0 Å². The number of rotatable bonds is 11. The second kappa shape index (κ2) is 11.6. The Bertz CT molecular complexity index is 436. The zero-order chi connectivity index (χ0) is 19.5. The standard InChI is InChI=1S/C15H28N2O8/c1-6-24-13(18)7-11(8-17(20)21)12(9-23-10-22-5)16-14(19)25-15(2,3)4/h11-12H,6-10H2,1-5H3,(H,16,19). The molecule has 0 rings (SSSR count). The van der Waals surface area contributed by atoms with Crippen molar-refractivity contribution in [1.29, 1.82) is 0 Å². The molecule has 2 unspecified atom stereocenters. The van der Waals surface area contributed by atoms with Gasteiger partial charge in [-0.3, -0.25) is 14.9 Å². The fourth-order valence-corrected chi connectivity index (χ4v) is 1.97. The molecule has 0 saturated carbocycles. The molecule has 0 aromatic carbocycles. The van der Waals surface area contributed by atoms with Crippen molar-refractivity contribution in [1.82, 2.24) is 5.32 Å². The van der Waals surface area contributed by atoms with Crippen LogP contribution in [0.15, 0.2) is 0 Å². The number of nitro groups is 1. The summed E-state index contributed by atoms with van der Waals surface area (Å²) in [7, 11) is 1.42. The Morgan fingerprint density at radius 3 is 2.40 bits per heavy atom. The van der Waals surface area contributed by atoms with Gasteiger partial charge in [0.25, 0.3) is 0 Å². The number of esters is 1. The third-order valence-corrected chi connectivity index (χ3v) is 2.89. The fourth-order valence-electron chi connectivity index (χ4n) is 1.97. The average Bonchev–Trinajstić information content (AvgIpc) is 2.43. The topological polar surface area (TPSA) is 126 Å². The van der Waals surface area contributed by atoms with Crippen LogP contribution >= 0.6 is 0 Å². The third kappa shape index (κ3) is 12.1. The Balaban J connectivity index is 5.12. The monoisotopic (exact) mass is 364 g/mol. The Morgan fingerprint density at radius 2 is 1.92 bits per heavy atom. The molecule has 0 aliphatic heterocycles. The van der Waals surface area contributed by atoms with Crippen molar-refractivity contribution in [3.05, 3.63) is 10.1 Å². The molecule has 0 spiro atoms. The summed E-state index contributed by atoms with van der Waals surface area (Å²) in [5.41, 5.74) is -0.734. The normalized spacial score (nSPS) is 13.6. The summed E-state index contributed by atoms with van der Waals surface area (Å²) in [6, 6.07) is -0.820. The maximum atomic E-state index is 12.0. The minimum absolute atomic E-state index is 0.0584. The summed E-state index contributed by atoms with van der Waals surface area (Å²) >= 11 is 0. The highest BCUT2D eigenvalue weighted by Crippen LogP contribution is 2.14. The van der Waals surface area contributed by atoms with Crippen molar-refractivity contribution >= 4 is 12.1 Å². The van der Waals surface area contributed by atoms with Crippen molar-refractivity contribution in [3.8, 4) is 0 Å². The van der Waals surface area contributed by atoms with E-state index >= 15 is 0 Å². The van der Waals surface area contributed by atoms with Gasteiger partial charge in [0, 0.05) is 12.0 Å². The highest BCUT2D eigenvalue weighted by molar-refractivity contribution is 5.70. The maximum Gasteiger partial charge on any atom is 0.407 e. The summed E-state index contributed by atoms with van der Waals surface area (Å²) in [5.74, 6) is -1.41. The first kappa shape index (κ1) is 23.1. The van der Waals surface area contributed by atoms with E-state index in [4.69, 9.17) is 18.9 Å². The average molecular weight is 364 g/mol. The summed E-state index contributed by atoms with van der Waals surface area (Å²) in [5, 5.41) is 13.5. The van der Waals surface area contributed by atoms with Crippen LogP contribution < -0.4 is 5.32 Å². The number of hydrogen-bond donors (Lipinski definition) is 1. The lowest BCUT2D eigenvalue weighted by molar-refractivity contribution is -0.489. The highest BCUT2D eigenvalue weighted by atomic mass is 16.7. The van der Waals surface area contributed by atoms with Crippen molar-refractivity contribution in [3.63, 3.8) is 0 Å². The number of carbonyl (C=O) groups is 2. The largest absolute Gasteiger partial charge is 0.466 e. The summed E-state index contributed by atoms with van der Waals surface area (Å²) in [4.78, 5) is 34.1. The molecule has 10 nitrogen and oxygen atoms in total. The number of nitrogens with zero attached hydrogens (tertiary/aromatic N) is 1. The van der Waals surface area contributed by atoms with E-state index in [0.29, 0.717) is 0 Å². The van der Waals surface area contributed by atoms with Crippen molar-refractivity contribution in [2.75, 3.05) is 33.7 Å². The second-order valence-corrected chi connectivity index (χ2v) is 6.31. The van der Waals surface area contributed by atoms with E-state index in [1.807, 2.05) is 0 Å². The minimum atomic E-state index is -0.821. The maximum absolute atomic E-state index is 12.0. The molecule has 0 fully saturated rings. The van der Waals surface area contributed by atoms with Gasteiger partial charge in [-0.15, -0.1) is 0 Å². The van der Waals surface area contributed by atoms with Crippen LogP contribution in [0.4, 0.5) is 4.79 Å². The Labute approximate surface area is 147 Å². The van der Waals surface area contributed by atoms with E-state index in [9.17, 15) is 19.7 Å². The van der Waals surface area contributed by atoms with E-state index in [2.05, 4.69) is 5.32 Å². The SMILES string of the molecule is CCOC(=O)CC(C[N+](=O)[O-])C(COCOC)NC(=O)OC(C)(C)C. The van der Waals surface area contributed by atoms with Crippen LogP contribution in [0.2, 0.25) is 0 Å². The molecular weight excluding hydrogens is 336 g/mol. The number of alkyl carbamates (subject to hydrolysis) is 1. The van der Waals surface area contributed by atoms with Crippen molar-refractivity contribution < 1.29 is 33.5 Å². The molecular formula is C15H28N2O8. The summed E-state index contributed by atoms with van der Waals surface area (Å²) in [6.45, 7) is 6.20. The van der Waals surface area contributed by atoms with Gasteiger partial charge in [-0.25, -0.2) is 4.79 Å². The molecule has 2 atom stereocenters. The van der Waals surface area contributed by atoms with Gasteiger partial charge in [-0.2, -0.15) is 0 Å². The number of ether oxygens (including phenoxy) is 4. The van der Waals surface area contributed by atoms with Gasteiger partial charge in [0.15, 0.2) is 0 Å². The number of hydrogen-bond acceptors (Lipinski definition) is 8. The first-order valence-electron chi connectivity index (χ1n) is 7.92. The van der Waals surface area contributed by atoms with E-state index in [1.165, 1.54) is 7.11 Å². The number of amides is 1. The predicted octanol–water partition coefficient (Wildman–Crippen LogP) is 1.35. The van der Waals surface area contributed by atoms with Crippen LogP contribution in [0.5, 0.6) is 0 Å². The number of nitrogens with one attached hydrogen (secondary N) is 1. The minimum Gasteiger partial charge on any atom is -0.466 e. The van der Waals surface area contributed by atoms with Gasteiger partial charge < -0.3 is 24.3 Å². The lowest BCUT2D eigenvalue weighted by Gasteiger charge is -2.27. The van der Waals surface area contributed by atoms with E-state index in [1.54, 1.807) is 27.7 Å². The fraction of sp³-hybridized carbons (Fsp3) is 0.867. The van der Waals surface area contributed by atoms with Gasteiger partial charge in [0.2, 0.25) is 6.54 Å². The Hall–Kier alpha value is -1.94. The summed E-state index contributed by atoms with van der Waals surface area (Å²) < 4.78 is 20.0. The van der Waals surface area contributed by atoms with Crippen molar-refractivity contribution in [2.45, 2.75) is 45.8 Å². The third-order valence-electron chi connectivity index (χ3n) is 2.89. The predicted molar refractivity (Wildman–Crippen MR) is 87.6 cm³/mol. The van der Waals surface area contributed by atoms with E-state index in [0.717, 1.165) is 0 Å². The molecule has 0 aromatic rings. The van der Waals surface area contributed by atoms with Crippen LogP contribution in [0.1, 0.15) is 34.1 Å². The van der Waals surface area contributed by atoms with Gasteiger partial charge in [0.05, 0.1) is 31.6 Å². The van der Waals surface area contributed by atoms with Crippen LogP contribution in [-0.2, 0) is 23.7 Å². The zero-order valence-corrected chi connectivity index (χ0v) is 15.4. The molecule has 0 aromatic heterocycles. The first-order valence-corrected chi connectivity index (χ1v) is 7.92. The molecule has 0 heterocycles.